The van der Waals surface area contributed by atoms with Gasteiger partial charge in [0.15, 0.2) is 0 Å². The van der Waals surface area contributed by atoms with Crippen molar-refractivity contribution in [2.24, 2.45) is 0 Å². The van der Waals surface area contributed by atoms with Gasteiger partial charge in [-0.2, -0.15) is 0 Å². The number of rotatable bonds is 6. The molecule has 1 aromatic carbocycles. The van der Waals surface area contributed by atoms with E-state index in [1.54, 1.807) is 12.1 Å². The molecule has 0 amide bonds. The van der Waals surface area contributed by atoms with E-state index in [0.29, 0.717) is 11.4 Å². The number of likely N-dealkylation sites (N-methyl/N-ethyl adjacent to an activating group) is 1. The molecule has 1 N–H and O–H groups in total. The summed E-state index contributed by atoms with van der Waals surface area (Å²) >= 11 is 5.80. The molecule has 0 spiro atoms. The van der Waals surface area contributed by atoms with Gasteiger partial charge in [0, 0.05) is 5.02 Å². The van der Waals surface area contributed by atoms with Crippen molar-refractivity contribution < 1.29 is 9.90 Å². The number of benzene rings is 1. The van der Waals surface area contributed by atoms with Crippen LogP contribution in [0, 0.1) is 0 Å². The molecule has 0 bridgehead atoms. The average Bonchev–Trinajstić information content (AvgIpc) is 2.31. The largest absolute Gasteiger partial charge is 0.480 e. The van der Waals surface area contributed by atoms with Crippen molar-refractivity contribution in [3.8, 4) is 0 Å². The first-order valence-corrected chi connectivity index (χ1v) is 6.17. The Balaban J connectivity index is 2.79. The van der Waals surface area contributed by atoms with Gasteiger partial charge < -0.3 is 5.11 Å². The first-order valence-electron chi connectivity index (χ1n) is 5.79. The number of hydrogen-bond acceptors (Lipinski definition) is 2. The number of halogens is 1. The van der Waals surface area contributed by atoms with Crippen LogP contribution in [0.4, 0.5) is 0 Å². The number of carbonyl (C=O) groups is 1. The lowest BCUT2D eigenvalue weighted by Crippen LogP contribution is -2.42. The molecule has 1 atom stereocenters. The fourth-order valence-electron chi connectivity index (χ4n) is 1.88. The minimum atomic E-state index is -0.774. The zero-order valence-electron chi connectivity index (χ0n) is 10.2. The lowest BCUT2D eigenvalue weighted by Gasteiger charge is -2.26. The molecule has 0 aliphatic rings. The second kappa shape index (κ2) is 6.62. The smallest absolute Gasteiger partial charge is 0.321 e. The normalized spacial score (nSPS) is 12.7. The topological polar surface area (TPSA) is 40.5 Å². The van der Waals surface area contributed by atoms with Crippen LogP contribution in [0.1, 0.15) is 19.4 Å². The summed E-state index contributed by atoms with van der Waals surface area (Å²) < 4.78 is 0. The van der Waals surface area contributed by atoms with Crippen molar-refractivity contribution >= 4 is 17.6 Å². The maximum atomic E-state index is 11.3. The third kappa shape index (κ3) is 4.02. The van der Waals surface area contributed by atoms with Gasteiger partial charge >= 0.3 is 5.97 Å². The van der Waals surface area contributed by atoms with Crippen molar-refractivity contribution in [2.75, 3.05) is 13.1 Å². The molecule has 0 heterocycles. The quantitative estimate of drug-likeness (QED) is 0.850. The molecular formula is C13H18ClNO2. The first kappa shape index (κ1) is 14.0. The molecular weight excluding hydrogens is 238 g/mol. The Morgan fingerprint density at radius 3 is 2.24 bits per heavy atom. The zero-order chi connectivity index (χ0) is 12.8. The van der Waals surface area contributed by atoms with Crippen molar-refractivity contribution in [3.63, 3.8) is 0 Å². The highest BCUT2D eigenvalue weighted by atomic mass is 35.5. The summed E-state index contributed by atoms with van der Waals surface area (Å²) in [5, 5.41) is 9.92. The van der Waals surface area contributed by atoms with Gasteiger partial charge in [0.1, 0.15) is 6.04 Å². The fourth-order valence-corrected chi connectivity index (χ4v) is 2.01. The van der Waals surface area contributed by atoms with Crippen molar-refractivity contribution in [2.45, 2.75) is 26.3 Å². The van der Waals surface area contributed by atoms with E-state index in [4.69, 9.17) is 11.6 Å². The molecule has 0 aliphatic carbocycles. The molecule has 4 heteroatoms. The third-order valence-electron chi connectivity index (χ3n) is 2.88. The van der Waals surface area contributed by atoms with Crippen LogP contribution in [-0.4, -0.2) is 35.1 Å². The van der Waals surface area contributed by atoms with Crippen LogP contribution < -0.4 is 0 Å². The van der Waals surface area contributed by atoms with E-state index in [1.165, 1.54) is 0 Å². The minimum absolute atomic E-state index is 0.467. The summed E-state index contributed by atoms with van der Waals surface area (Å²) in [5.74, 6) is -0.774. The first-order chi connectivity index (χ1) is 8.08. The Hall–Kier alpha value is -1.06. The van der Waals surface area contributed by atoms with Crippen LogP contribution in [0.3, 0.4) is 0 Å². The second-order valence-electron chi connectivity index (χ2n) is 3.91. The lowest BCUT2D eigenvalue weighted by molar-refractivity contribution is -0.143. The maximum Gasteiger partial charge on any atom is 0.321 e. The summed E-state index contributed by atoms with van der Waals surface area (Å²) in [4.78, 5) is 13.2. The summed E-state index contributed by atoms with van der Waals surface area (Å²) in [5.41, 5.74) is 0.994. The summed E-state index contributed by atoms with van der Waals surface area (Å²) in [6.07, 6.45) is 0.508. The SMILES string of the molecule is CCN(CC)[C@H](Cc1ccc(Cl)cc1)C(=O)O. The van der Waals surface area contributed by atoms with E-state index in [1.807, 2.05) is 30.9 Å². The molecule has 0 aromatic heterocycles. The zero-order valence-corrected chi connectivity index (χ0v) is 10.9. The highest BCUT2D eigenvalue weighted by Gasteiger charge is 2.23. The third-order valence-corrected chi connectivity index (χ3v) is 3.13. The molecule has 0 aliphatic heterocycles. The average molecular weight is 256 g/mol. The van der Waals surface area contributed by atoms with Crippen LogP contribution in [0.25, 0.3) is 0 Å². The molecule has 1 rings (SSSR count). The Morgan fingerprint density at radius 1 is 1.29 bits per heavy atom. The summed E-state index contributed by atoms with van der Waals surface area (Å²) in [6.45, 7) is 5.42. The number of aliphatic carboxylic acids is 1. The highest BCUT2D eigenvalue weighted by molar-refractivity contribution is 6.30. The lowest BCUT2D eigenvalue weighted by atomic mass is 10.0. The maximum absolute atomic E-state index is 11.3. The molecule has 0 fully saturated rings. The van der Waals surface area contributed by atoms with E-state index in [-0.39, 0.29) is 0 Å². The van der Waals surface area contributed by atoms with Crippen LogP contribution in [0.15, 0.2) is 24.3 Å². The Bertz CT molecular complexity index is 360. The van der Waals surface area contributed by atoms with Crippen molar-refractivity contribution in [3.05, 3.63) is 34.9 Å². The van der Waals surface area contributed by atoms with Gasteiger partial charge in [-0.25, -0.2) is 0 Å². The van der Waals surface area contributed by atoms with Crippen LogP contribution >= 0.6 is 11.6 Å². The number of nitrogens with zero attached hydrogens (tertiary/aromatic N) is 1. The second-order valence-corrected chi connectivity index (χ2v) is 4.34. The molecule has 1 aromatic rings. The Labute approximate surface area is 107 Å². The monoisotopic (exact) mass is 255 g/mol. The van der Waals surface area contributed by atoms with E-state index in [9.17, 15) is 9.90 Å². The van der Waals surface area contributed by atoms with Gasteiger partial charge in [0.25, 0.3) is 0 Å². The van der Waals surface area contributed by atoms with Gasteiger partial charge in [-0.1, -0.05) is 37.6 Å². The van der Waals surface area contributed by atoms with E-state index in [0.717, 1.165) is 18.7 Å². The standard InChI is InChI=1S/C13H18ClNO2/c1-3-15(4-2)12(13(16)17)9-10-5-7-11(14)8-6-10/h5-8,12H,3-4,9H2,1-2H3,(H,16,17)/t12-/m1/s1. The van der Waals surface area contributed by atoms with Gasteiger partial charge in [-0.15, -0.1) is 0 Å². The van der Waals surface area contributed by atoms with Crippen LogP contribution in [0.5, 0.6) is 0 Å². The van der Waals surface area contributed by atoms with Gasteiger partial charge in [0.05, 0.1) is 0 Å². The number of carboxylic acid groups (broad SMARTS) is 1. The summed E-state index contributed by atoms with van der Waals surface area (Å²) in [6, 6.07) is 6.87. The fraction of sp³-hybridized carbons (Fsp3) is 0.462. The Morgan fingerprint density at radius 2 is 1.82 bits per heavy atom. The predicted octanol–water partition coefficient (Wildman–Crippen LogP) is 2.68. The van der Waals surface area contributed by atoms with E-state index < -0.39 is 12.0 Å². The van der Waals surface area contributed by atoms with Crippen molar-refractivity contribution in [1.82, 2.24) is 4.90 Å². The molecule has 3 nitrogen and oxygen atoms in total. The van der Waals surface area contributed by atoms with Crippen LogP contribution in [0.2, 0.25) is 5.02 Å². The molecule has 0 saturated heterocycles. The number of hydrogen-bond donors (Lipinski definition) is 1. The Kier molecular flexibility index (Phi) is 5.45. The van der Waals surface area contributed by atoms with Gasteiger partial charge in [-0.3, -0.25) is 9.69 Å². The minimum Gasteiger partial charge on any atom is -0.480 e. The van der Waals surface area contributed by atoms with Crippen LogP contribution in [-0.2, 0) is 11.2 Å². The van der Waals surface area contributed by atoms with E-state index >= 15 is 0 Å². The molecule has 0 saturated carbocycles. The van der Waals surface area contributed by atoms with E-state index in [2.05, 4.69) is 0 Å². The predicted molar refractivity (Wildman–Crippen MR) is 69.5 cm³/mol. The van der Waals surface area contributed by atoms with Gasteiger partial charge in [-0.05, 0) is 37.2 Å². The molecule has 0 radical (unpaired) electrons. The van der Waals surface area contributed by atoms with Gasteiger partial charge in [0.2, 0.25) is 0 Å². The van der Waals surface area contributed by atoms with Crippen molar-refractivity contribution in [1.29, 1.82) is 0 Å². The molecule has 17 heavy (non-hydrogen) atoms. The number of carboxylic acids is 1. The molecule has 0 unspecified atom stereocenters. The summed E-state index contributed by atoms with van der Waals surface area (Å²) in [7, 11) is 0. The highest BCUT2D eigenvalue weighted by Crippen LogP contribution is 2.13. The molecule has 94 valence electrons.